The Morgan fingerprint density at radius 3 is 2.30 bits per heavy atom. The van der Waals surface area contributed by atoms with Gasteiger partial charge in [0.2, 0.25) is 11.8 Å². The van der Waals surface area contributed by atoms with Gasteiger partial charge in [0.05, 0.1) is 0 Å². The minimum Gasteiger partial charge on any atom is -0.327 e. The lowest BCUT2D eigenvalue weighted by Gasteiger charge is -2.11. The lowest BCUT2D eigenvalue weighted by atomic mass is 10.1. The summed E-state index contributed by atoms with van der Waals surface area (Å²) < 4.78 is 0. The van der Waals surface area contributed by atoms with Crippen LogP contribution >= 0.6 is 0 Å². The van der Waals surface area contributed by atoms with Crippen molar-refractivity contribution in [1.29, 1.82) is 0 Å². The Balaban J connectivity index is 2.57. The lowest BCUT2D eigenvalue weighted by molar-refractivity contribution is -0.117. The maximum absolute atomic E-state index is 11.8. The number of nitrogens with two attached hydrogens (primary N) is 1. The molecule has 2 amide bonds. The van der Waals surface area contributed by atoms with E-state index in [9.17, 15) is 9.59 Å². The molecular weight excluding hydrogens is 254 g/mol. The van der Waals surface area contributed by atoms with E-state index < -0.39 is 0 Å². The molecule has 0 saturated carbocycles. The van der Waals surface area contributed by atoms with Gasteiger partial charge < -0.3 is 16.4 Å². The number of nitrogens with one attached hydrogen (secondary N) is 2. The van der Waals surface area contributed by atoms with Gasteiger partial charge in [0.1, 0.15) is 0 Å². The van der Waals surface area contributed by atoms with Gasteiger partial charge >= 0.3 is 0 Å². The first-order chi connectivity index (χ1) is 9.55. The Kier molecular flexibility index (Phi) is 6.73. The third-order valence-corrected chi connectivity index (χ3v) is 2.86. The van der Waals surface area contributed by atoms with Crippen molar-refractivity contribution in [3.8, 4) is 0 Å². The summed E-state index contributed by atoms with van der Waals surface area (Å²) in [5.74, 6) is -0.164. The molecule has 0 heterocycles. The monoisotopic (exact) mass is 277 g/mol. The third-order valence-electron chi connectivity index (χ3n) is 2.86. The van der Waals surface area contributed by atoms with Crippen LogP contribution in [0, 0.1) is 0 Å². The van der Waals surface area contributed by atoms with Crippen LogP contribution in [0.4, 0.5) is 11.4 Å². The summed E-state index contributed by atoms with van der Waals surface area (Å²) in [6, 6.07) is 6.98. The number of amides is 2. The van der Waals surface area contributed by atoms with E-state index in [0.29, 0.717) is 24.2 Å². The van der Waals surface area contributed by atoms with Crippen LogP contribution in [0.25, 0.3) is 0 Å². The van der Waals surface area contributed by atoms with Gasteiger partial charge in [0.25, 0.3) is 0 Å². The molecule has 0 aromatic heterocycles. The smallest absolute Gasteiger partial charge is 0.225 e. The van der Waals surface area contributed by atoms with Crippen LogP contribution < -0.4 is 16.4 Å². The van der Waals surface area contributed by atoms with E-state index in [1.54, 1.807) is 31.2 Å². The van der Waals surface area contributed by atoms with Crippen molar-refractivity contribution in [2.75, 3.05) is 10.6 Å². The highest BCUT2D eigenvalue weighted by atomic mass is 16.2. The van der Waals surface area contributed by atoms with Gasteiger partial charge in [-0.25, -0.2) is 0 Å². The Bertz CT molecular complexity index is 460. The largest absolute Gasteiger partial charge is 0.327 e. The Morgan fingerprint density at radius 2 is 1.75 bits per heavy atom. The van der Waals surface area contributed by atoms with Crippen molar-refractivity contribution in [2.24, 2.45) is 5.73 Å². The second kappa shape index (κ2) is 8.32. The fourth-order valence-corrected chi connectivity index (χ4v) is 1.85. The van der Waals surface area contributed by atoms with E-state index in [4.69, 9.17) is 5.73 Å². The zero-order chi connectivity index (χ0) is 15.0. The average Bonchev–Trinajstić information content (AvgIpc) is 2.38. The molecule has 0 spiro atoms. The number of hydrogen-bond acceptors (Lipinski definition) is 3. The summed E-state index contributed by atoms with van der Waals surface area (Å²) in [6.45, 7) is 3.83. The van der Waals surface area contributed by atoms with Crippen LogP contribution in [0.3, 0.4) is 0 Å². The molecule has 0 radical (unpaired) electrons. The number of rotatable bonds is 7. The Morgan fingerprint density at radius 1 is 1.15 bits per heavy atom. The van der Waals surface area contributed by atoms with E-state index in [1.165, 1.54) is 0 Å². The summed E-state index contributed by atoms with van der Waals surface area (Å²) in [5, 5.41) is 5.54. The first-order valence-corrected chi connectivity index (χ1v) is 7.00. The normalized spacial score (nSPS) is 11.8. The molecule has 0 saturated heterocycles. The van der Waals surface area contributed by atoms with Gasteiger partial charge in [-0.2, -0.15) is 0 Å². The molecular formula is C15H23N3O2. The second-order valence-electron chi connectivity index (χ2n) is 4.78. The zero-order valence-electron chi connectivity index (χ0n) is 12.1. The fourth-order valence-electron chi connectivity index (χ4n) is 1.85. The molecule has 5 nitrogen and oxygen atoms in total. The molecule has 0 aliphatic heterocycles. The van der Waals surface area contributed by atoms with Crippen molar-refractivity contribution >= 4 is 23.2 Å². The van der Waals surface area contributed by atoms with Gasteiger partial charge in [-0.1, -0.05) is 26.3 Å². The van der Waals surface area contributed by atoms with Crippen molar-refractivity contribution in [2.45, 2.75) is 45.6 Å². The quantitative estimate of drug-likeness (QED) is 0.716. The molecule has 1 aromatic carbocycles. The summed E-state index contributed by atoms with van der Waals surface area (Å²) in [4.78, 5) is 23.1. The SMILES string of the molecule is CCCC(N)CC(=O)Nc1cccc(NC(=O)CC)c1. The molecule has 0 aliphatic rings. The van der Waals surface area contributed by atoms with E-state index >= 15 is 0 Å². The summed E-state index contributed by atoms with van der Waals surface area (Å²) in [6.07, 6.45) is 2.52. The lowest BCUT2D eigenvalue weighted by Crippen LogP contribution is -2.26. The van der Waals surface area contributed by atoms with Crippen LogP contribution in [0.5, 0.6) is 0 Å². The molecule has 0 bridgehead atoms. The van der Waals surface area contributed by atoms with Crippen LogP contribution in [0.2, 0.25) is 0 Å². The zero-order valence-corrected chi connectivity index (χ0v) is 12.1. The van der Waals surface area contributed by atoms with Gasteiger partial charge in [-0.15, -0.1) is 0 Å². The third kappa shape index (κ3) is 5.84. The maximum atomic E-state index is 11.8. The van der Waals surface area contributed by atoms with E-state index in [0.717, 1.165) is 12.8 Å². The highest BCUT2D eigenvalue weighted by molar-refractivity contribution is 5.94. The number of anilines is 2. The number of hydrogen-bond donors (Lipinski definition) is 3. The first-order valence-electron chi connectivity index (χ1n) is 7.00. The summed E-state index contributed by atoms with van der Waals surface area (Å²) in [5.41, 5.74) is 7.17. The highest BCUT2D eigenvalue weighted by Gasteiger charge is 2.09. The summed E-state index contributed by atoms with van der Waals surface area (Å²) >= 11 is 0. The van der Waals surface area contributed by atoms with Crippen molar-refractivity contribution in [1.82, 2.24) is 0 Å². The van der Waals surface area contributed by atoms with Crippen molar-refractivity contribution in [3.63, 3.8) is 0 Å². The maximum Gasteiger partial charge on any atom is 0.225 e. The molecule has 1 rings (SSSR count). The highest BCUT2D eigenvalue weighted by Crippen LogP contribution is 2.15. The second-order valence-corrected chi connectivity index (χ2v) is 4.78. The first kappa shape index (κ1) is 16.2. The van der Waals surface area contributed by atoms with Gasteiger partial charge in [-0.05, 0) is 24.6 Å². The topological polar surface area (TPSA) is 84.2 Å². The average molecular weight is 277 g/mol. The Labute approximate surface area is 119 Å². The van der Waals surface area contributed by atoms with E-state index in [2.05, 4.69) is 10.6 Å². The van der Waals surface area contributed by atoms with Crippen LogP contribution in [0.15, 0.2) is 24.3 Å². The van der Waals surface area contributed by atoms with Crippen molar-refractivity contribution < 1.29 is 9.59 Å². The molecule has 1 aromatic rings. The molecule has 20 heavy (non-hydrogen) atoms. The van der Waals surface area contributed by atoms with Crippen LogP contribution in [-0.2, 0) is 9.59 Å². The predicted octanol–water partition coefficient (Wildman–Crippen LogP) is 2.49. The Hall–Kier alpha value is -1.88. The predicted molar refractivity (Wildman–Crippen MR) is 81.5 cm³/mol. The molecule has 1 unspecified atom stereocenters. The van der Waals surface area contributed by atoms with Crippen molar-refractivity contribution in [3.05, 3.63) is 24.3 Å². The summed E-state index contributed by atoms with van der Waals surface area (Å²) in [7, 11) is 0. The fraction of sp³-hybridized carbons (Fsp3) is 0.467. The van der Waals surface area contributed by atoms with Gasteiger partial charge in [0.15, 0.2) is 0 Å². The minimum atomic E-state index is -0.108. The molecule has 0 aliphatic carbocycles. The van der Waals surface area contributed by atoms with E-state index in [-0.39, 0.29) is 17.9 Å². The van der Waals surface area contributed by atoms with Gasteiger partial charge in [0, 0.05) is 30.3 Å². The number of carbonyl (C=O) groups excluding carboxylic acids is 2. The molecule has 0 fully saturated rings. The van der Waals surface area contributed by atoms with Crippen LogP contribution in [-0.4, -0.2) is 17.9 Å². The number of carbonyl (C=O) groups is 2. The molecule has 1 atom stereocenters. The molecule has 4 N–H and O–H groups in total. The van der Waals surface area contributed by atoms with Gasteiger partial charge in [-0.3, -0.25) is 9.59 Å². The van der Waals surface area contributed by atoms with E-state index in [1.807, 2.05) is 6.92 Å². The molecule has 110 valence electrons. The van der Waals surface area contributed by atoms with Crippen LogP contribution in [0.1, 0.15) is 39.5 Å². The number of benzene rings is 1. The molecule has 5 heteroatoms. The minimum absolute atomic E-state index is 0.0570. The standard InChI is InChI=1S/C15H23N3O2/c1-3-6-11(16)9-15(20)18-13-8-5-7-12(10-13)17-14(19)4-2/h5,7-8,10-11H,3-4,6,9,16H2,1-2H3,(H,17,19)(H,18,20).